The molecule has 1 atom stereocenters. The van der Waals surface area contributed by atoms with Gasteiger partial charge in [0.15, 0.2) is 0 Å². The number of hydrogen-bond donors (Lipinski definition) is 1. The summed E-state index contributed by atoms with van der Waals surface area (Å²) in [7, 11) is 2.11. The summed E-state index contributed by atoms with van der Waals surface area (Å²) in [5.74, 6) is 0. The van der Waals surface area contributed by atoms with Crippen molar-refractivity contribution in [1.29, 1.82) is 0 Å². The van der Waals surface area contributed by atoms with Gasteiger partial charge in [0, 0.05) is 37.7 Å². The first kappa shape index (κ1) is 13.6. The molecule has 0 amide bonds. The molecular weight excluding hydrogens is 234 g/mol. The maximum atomic E-state index is 5.86. The molecule has 0 aliphatic carbocycles. The average Bonchev–Trinajstić information content (AvgIpc) is 2.46. The lowest BCUT2D eigenvalue weighted by molar-refractivity contribution is 0.816. The van der Waals surface area contributed by atoms with E-state index in [9.17, 15) is 0 Å². The number of aromatic nitrogens is 1. The third kappa shape index (κ3) is 3.80. The molecule has 0 saturated carbocycles. The van der Waals surface area contributed by atoms with E-state index in [2.05, 4.69) is 53.3 Å². The summed E-state index contributed by atoms with van der Waals surface area (Å²) in [5, 5.41) is 0. The van der Waals surface area contributed by atoms with E-state index in [1.807, 2.05) is 19.3 Å². The van der Waals surface area contributed by atoms with Crippen molar-refractivity contribution in [2.45, 2.75) is 19.4 Å². The van der Waals surface area contributed by atoms with Crippen LogP contribution in [0.15, 0.2) is 48.8 Å². The molecule has 1 aromatic carbocycles. The van der Waals surface area contributed by atoms with Gasteiger partial charge in [-0.05, 0) is 48.7 Å². The van der Waals surface area contributed by atoms with Crippen LogP contribution in [0.2, 0.25) is 0 Å². The minimum Gasteiger partial charge on any atom is -0.374 e. The number of rotatable bonds is 5. The third-order valence-corrected chi connectivity index (χ3v) is 3.34. The maximum Gasteiger partial charge on any atom is 0.0363 e. The predicted octanol–water partition coefficient (Wildman–Crippen LogP) is 2.78. The van der Waals surface area contributed by atoms with E-state index in [-0.39, 0.29) is 6.04 Å². The first-order chi connectivity index (χ1) is 9.16. The molecule has 0 bridgehead atoms. The second kappa shape index (κ2) is 6.34. The quantitative estimate of drug-likeness (QED) is 0.893. The fourth-order valence-electron chi connectivity index (χ4n) is 2.01. The average molecular weight is 255 g/mol. The van der Waals surface area contributed by atoms with Crippen molar-refractivity contribution in [1.82, 2.24) is 4.98 Å². The largest absolute Gasteiger partial charge is 0.374 e. The number of nitrogens with zero attached hydrogens (tertiary/aromatic N) is 2. The van der Waals surface area contributed by atoms with Gasteiger partial charge < -0.3 is 10.6 Å². The molecule has 0 radical (unpaired) electrons. The van der Waals surface area contributed by atoms with Crippen molar-refractivity contribution < 1.29 is 0 Å². The van der Waals surface area contributed by atoms with Gasteiger partial charge in [-0.15, -0.1) is 0 Å². The van der Waals surface area contributed by atoms with Crippen LogP contribution in [0.4, 0.5) is 5.69 Å². The molecule has 0 aliphatic heterocycles. The van der Waals surface area contributed by atoms with Gasteiger partial charge in [-0.1, -0.05) is 12.1 Å². The van der Waals surface area contributed by atoms with Crippen molar-refractivity contribution in [3.05, 3.63) is 59.9 Å². The zero-order chi connectivity index (χ0) is 13.7. The van der Waals surface area contributed by atoms with Crippen LogP contribution in [0.25, 0.3) is 0 Å². The second-order valence-electron chi connectivity index (χ2n) is 4.91. The van der Waals surface area contributed by atoms with Crippen LogP contribution in [0.3, 0.4) is 0 Å². The fraction of sp³-hybridized carbons (Fsp3) is 0.312. The van der Waals surface area contributed by atoms with Gasteiger partial charge >= 0.3 is 0 Å². The number of nitrogens with two attached hydrogens (primary N) is 1. The van der Waals surface area contributed by atoms with Gasteiger partial charge in [0.25, 0.3) is 0 Å². The summed E-state index contributed by atoms with van der Waals surface area (Å²) in [6, 6.07) is 12.7. The van der Waals surface area contributed by atoms with E-state index in [0.717, 1.165) is 13.0 Å². The second-order valence-corrected chi connectivity index (χ2v) is 4.91. The molecule has 3 nitrogen and oxygen atoms in total. The summed E-state index contributed by atoms with van der Waals surface area (Å²) >= 11 is 0. The minimum atomic E-state index is 0.0937. The van der Waals surface area contributed by atoms with E-state index >= 15 is 0 Å². The fourth-order valence-corrected chi connectivity index (χ4v) is 2.01. The first-order valence-electron chi connectivity index (χ1n) is 6.62. The van der Waals surface area contributed by atoms with Crippen LogP contribution >= 0.6 is 0 Å². The van der Waals surface area contributed by atoms with E-state index < -0.39 is 0 Å². The Kier molecular flexibility index (Phi) is 4.53. The highest BCUT2D eigenvalue weighted by atomic mass is 15.1. The standard InChI is InChI=1S/C16H21N3/c1-13(17)15-3-5-16(6-4-15)19(2)12-9-14-7-10-18-11-8-14/h3-8,10-11,13H,9,12,17H2,1-2H3/t13-/m0/s1. The summed E-state index contributed by atoms with van der Waals surface area (Å²) in [4.78, 5) is 6.29. The van der Waals surface area contributed by atoms with Gasteiger partial charge in [0.1, 0.15) is 0 Å². The van der Waals surface area contributed by atoms with Gasteiger partial charge in [0.05, 0.1) is 0 Å². The SMILES string of the molecule is C[C@H](N)c1ccc(N(C)CCc2ccncc2)cc1. The number of anilines is 1. The third-order valence-electron chi connectivity index (χ3n) is 3.34. The smallest absolute Gasteiger partial charge is 0.0363 e. The Balaban J connectivity index is 1.94. The minimum absolute atomic E-state index is 0.0937. The molecule has 19 heavy (non-hydrogen) atoms. The molecular formula is C16H21N3. The van der Waals surface area contributed by atoms with Crippen molar-refractivity contribution >= 4 is 5.69 Å². The number of pyridine rings is 1. The molecule has 2 aromatic rings. The van der Waals surface area contributed by atoms with Crippen molar-refractivity contribution in [2.24, 2.45) is 5.73 Å². The van der Waals surface area contributed by atoms with Gasteiger partial charge in [0.2, 0.25) is 0 Å². The first-order valence-corrected chi connectivity index (χ1v) is 6.62. The highest BCUT2D eigenvalue weighted by Crippen LogP contribution is 2.17. The molecule has 0 fully saturated rings. The van der Waals surface area contributed by atoms with Crippen LogP contribution in [-0.2, 0) is 6.42 Å². The van der Waals surface area contributed by atoms with E-state index in [1.165, 1.54) is 16.8 Å². The highest BCUT2D eigenvalue weighted by molar-refractivity contribution is 5.47. The number of hydrogen-bond acceptors (Lipinski definition) is 3. The lowest BCUT2D eigenvalue weighted by Crippen LogP contribution is -2.20. The molecule has 0 spiro atoms. The summed E-state index contributed by atoms with van der Waals surface area (Å²) in [6.45, 7) is 2.99. The molecule has 0 unspecified atom stereocenters. The van der Waals surface area contributed by atoms with E-state index in [1.54, 1.807) is 0 Å². The molecule has 2 rings (SSSR count). The van der Waals surface area contributed by atoms with Crippen LogP contribution in [0.1, 0.15) is 24.1 Å². The number of benzene rings is 1. The molecule has 0 saturated heterocycles. The predicted molar refractivity (Wildman–Crippen MR) is 80.3 cm³/mol. The van der Waals surface area contributed by atoms with Crippen molar-refractivity contribution in [3.8, 4) is 0 Å². The summed E-state index contributed by atoms with van der Waals surface area (Å²) in [5.41, 5.74) is 9.56. The Labute approximate surface area is 115 Å². The Bertz CT molecular complexity index is 491. The van der Waals surface area contributed by atoms with Crippen molar-refractivity contribution in [3.63, 3.8) is 0 Å². The van der Waals surface area contributed by atoms with Crippen molar-refractivity contribution in [2.75, 3.05) is 18.5 Å². The Morgan fingerprint density at radius 1 is 1.11 bits per heavy atom. The topological polar surface area (TPSA) is 42.1 Å². The summed E-state index contributed by atoms with van der Waals surface area (Å²) < 4.78 is 0. The molecule has 1 aromatic heterocycles. The van der Waals surface area contributed by atoms with Gasteiger partial charge in [-0.3, -0.25) is 4.98 Å². The lowest BCUT2D eigenvalue weighted by atomic mass is 10.1. The zero-order valence-corrected chi connectivity index (χ0v) is 11.6. The highest BCUT2D eigenvalue weighted by Gasteiger charge is 2.03. The molecule has 2 N–H and O–H groups in total. The zero-order valence-electron chi connectivity index (χ0n) is 11.6. The Morgan fingerprint density at radius 2 is 1.74 bits per heavy atom. The van der Waals surface area contributed by atoms with Gasteiger partial charge in [-0.25, -0.2) is 0 Å². The van der Waals surface area contributed by atoms with Crippen LogP contribution < -0.4 is 10.6 Å². The van der Waals surface area contributed by atoms with Crippen LogP contribution in [0.5, 0.6) is 0 Å². The lowest BCUT2D eigenvalue weighted by Gasteiger charge is -2.20. The summed E-state index contributed by atoms with van der Waals surface area (Å²) in [6.07, 6.45) is 4.70. The van der Waals surface area contributed by atoms with Crippen LogP contribution in [0, 0.1) is 0 Å². The molecule has 3 heteroatoms. The van der Waals surface area contributed by atoms with Gasteiger partial charge in [-0.2, -0.15) is 0 Å². The van der Waals surface area contributed by atoms with E-state index in [0.29, 0.717) is 0 Å². The Morgan fingerprint density at radius 3 is 2.32 bits per heavy atom. The monoisotopic (exact) mass is 255 g/mol. The molecule has 0 aliphatic rings. The number of likely N-dealkylation sites (N-methyl/N-ethyl adjacent to an activating group) is 1. The molecule has 1 heterocycles. The normalized spacial score (nSPS) is 12.2. The van der Waals surface area contributed by atoms with Crippen LogP contribution in [-0.4, -0.2) is 18.6 Å². The molecule has 100 valence electrons. The Hall–Kier alpha value is -1.87. The maximum absolute atomic E-state index is 5.86. The van der Waals surface area contributed by atoms with E-state index in [4.69, 9.17) is 5.73 Å².